The number of aliphatic hydroxyl groups is 2. The largest absolute Gasteiger partial charge is 0.470 e. The molecule has 0 bridgehead atoms. The molecule has 1 rings (SSSR count). The van der Waals surface area contributed by atoms with Crippen molar-refractivity contribution in [3.63, 3.8) is 0 Å². The maximum absolute atomic E-state index is 14.3. The molecule has 1 aliphatic rings. The van der Waals surface area contributed by atoms with E-state index in [1.54, 1.807) is 6.08 Å². The summed E-state index contributed by atoms with van der Waals surface area (Å²) in [5.41, 5.74) is 0. The number of rotatable bonds is 64. The first-order chi connectivity index (χ1) is 43.2. The summed E-state index contributed by atoms with van der Waals surface area (Å²) < 4.78 is 42.3. The van der Waals surface area contributed by atoms with E-state index in [0.29, 0.717) is 25.7 Å². The highest BCUT2D eigenvalue weighted by Crippen LogP contribution is 2.42. The van der Waals surface area contributed by atoms with Gasteiger partial charge in [-0.2, -0.15) is 0 Å². The second-order valence-electron chi connectivity index (χ2n) is 26.1. The third-order valence-corrected chi connectivity index (χ3v) is 18.1. The molecule has 524 valence electrons. The number of phosphoric acid groups is 1. The minimum atomic E-state index is -5.36. The number of hydrogen-bond donors (Lipinski definition) is 6. The molecule has 8 atom stereocenters. The Morgan fingerprint density at radius 2 is 0.921 bits per heavy atom. The van der Waals surface area contributed by atoms with Crippen LogP contribution in [0.3, 0.4) is 0 Å². The smallest absolute Gasteiger partial charge is 0.462 e. The van der Waals surface area contributed by atoms with Crippen LogP contribution in [0.2, 0.25) is 0 Å². The van der Waals surface area contributed by atoms with Crippen molar-refractivity contribution in [2.24, 2.45) is 0 Å². The standard InChI is InChI=1S/C72H137N2O14P/c1-6-10-14-18-22-26-29-31-32-34-37-40-44-48-52-56-66(78)74-63(64(77)55-51-47-43-39-36-33-30-27-23-19-15-11-7-2)60-84-72-69(73-61(5)76)71(70(65(59-75)86-72)88-89(81,82)83)87-68(80)58-62(54-50-46-42-38-25-21-17-13-9-4)85-67(79)57-53-49-45-41-35-28-24-20-16-12-8-3/h51,55,62-65,69-72,75,77H,6-50,52-54,56-60H2,1-5H3,(H,73,76)(H,74,78)(H2,81,82,83)/b55-51+/t62-,63+,64-,65-,69-,70-,71-,72+/m1/s1. The van der Waals surface area contributed by atoms with Crippen molar-refractivity contribution < 1.29 is 67.2 Å². The van der Waals surface area contributed by atoms with Crippen molar-refractivity contribution in [3.8, 4) is 0 Å². The number of amides is 2. The Bertz CT molecular complexity index is 1750. The molecular formula is C72H137N2O14P. The number of aliphatic hydroxyl groups excluding tert-OH is 2. The van der Waals surface area contributed by atoms with Crippen LogP contribution < -0.4 is 10.6 Å². The number of carbonyl (C=O) groups excluding carboxylic acids is 4. The van der Waals surface area contributed by atoms with Crippen LogP contribution in [0.25, 0.3) is 0 Å². The number of carbonyl (C=O) groups is 4. The summed E-state index contributed by atoms with van der Waals surface area (Å²) in [5.74, 6) is -2.23. The van der Waals surface area contributed by atoms with Crippen LogP contribution >= 0.6 is 7.82 Å². The Morgan fingerprint density at radius 1 is 0.528 bits per heavy atom. The molecular weight excluding hydrogens is 1150 g/mol. The molecule has 1 saturated heterocycles. The van der Waals surface area contributed by atoms with E-state index < -0.39 is 87.6 Å². The zero-order valence-corrected chi connectivity index (χ0v) is 58.5. The number of unbranched alkanes of at least 4 members (excludes halogenated alkanes) is 43. The molecule has 0 unspecified atom stereocenters. The topological polar surface area (TPSA) is 236 Å². The van der Waals surface area contributed by atoms with Gasteiger partial charge in [0, 0.05) is 19.8 Å². The average Bonchev–Trinajstić information content (AvgIpc) is 2.57. The lowest BCUT2D eigenvalue weighted by Crippen LogP contribution is -2.66. The monoisotopic (exact) mass is 1280 g/mol. The predicted octanol–water partition coefficient (Wildman–Crippen LogP) is 17.9. The fourth-order valence-corrected chi connectivity index (χ4v) is 12.7. The third kappa shape index (κ3) is 49.8. The van der Waals surface area contributed by atoms with Crippen molar-refractivity contribution in [1.82, 2.24) is 10.6 Å². The number of esters is 2. The van der Waals surface area contributed by atoms with Crippen molar-refractivity contribution in [2.45, 2.75) is 411 Å². The first-order valence-electron chi connectivity index (χ1n) is 37.1. The van der Waals surface area contributed by atoms with Gasteiger partial charge in [-0.15, -0.1) is 0 Å². The van der Waals surface area contributed by atoms with Gasteiger partial charge in [0.1, 0.15) is 24.4 Å². The van der Waals surface area contributed by atoms with E-state index in [1.807, 2.05) is 6.08 Å². The molecule has 1 heterocycles. The molecule has 0 aromatic heterocycles. The molecule has 0 aromatic rings. The Balaban J connectivity index is 3.25. The number of phosphoric ester groups is 1. The molecule has 17 heteroatoms. The number of hydrogen-bond acceptors (Lipinski definition) is 12. The SMILES string of the molecule is CCCCCCCCCCCCC/C=C/[C@@H](O)[C@H](CO[C@H]1O[C@H](CO)[C@@H](OP(=O)(O)O)[C@H](OC(=O)C[C@@H](CCCCCCCCCCC)OC(=O)CCCCCCCCCCCCC)[C@H]1NC(C)=O)NC(=O)CCCCCCCCCCCCCCCCC. The zero-order chi connectivity index (χ0) is 65.3. The second kappa shape index (κ2) is 59.3. The first-order valence-corrected chi connectivity index (χ1v) is 38.6. The number of ether oxygens (including phenoxy) is 4. The first kappa shape index (κ1) is 84.6. The highest BCUT2D eigenvalue weighted by molar-refractivity contribution is 7.46. The van der Waals surface area contributed by atoms with Crippen LogP contribution in [0, 0.1) is 0 Å². The lowest BCUT2D eigenvalue weighted by Gasteiger charge is -2.45. The van der Waals surface area contributed by atoms with E-state index in [0.717, 1.165) is 89.9 Å². The van der Waals surface area contributed by atoms with E-state index in [1.165, 1.54) is 200 Å². The minimum absolute atomic E-state index is 0.200. The molecule has 2 amide bonds. The summed E-state index contributed by atoms with van der Waals surface area (Å²) in [4.78, 5) is 74.6. The van der Waals surface area contributed by atoms with Crippen LogP contribution in [-0.2, 0) is 47.2 Å². The van der Waals surface area contributed by atoms with Gasteiger partial charge >= 0.3 is 19.8 Å². The van der Waals surface area contributed by atoms with Crippen molar-refractivity contribution in [1.29, 1.82) is 0 Å². The maximum atomic E-state index is 14.3. The van der Waals surface area contributed by atoms with Gasteiger partial charge in [0.05, 0.1) is 31.8 Å². The van der Waals surface area contributed by atoms with Crippen molar-refractivity contribution in [2.75, 3.05) is 13.2 Å². The van der Waals surface area contributed by atoms with Gasteiger partial charge in [-0.1, -0.05) is 310 Å². The highest BCUT2D eigenvalue weighted by atomic mass is 31.2. The zero-order valence-electron chi connectivity index (χ0n) is 57.6. The Labute approximate surface area is 543 Å². The second-order valence-corrected chi connectivity index (χ2v) is 27.3. The van der Waals surface area contributed by atoms with Gasteiger partial charge in [0.25, 0.3) is 0 Å². The summed E-state index contributed by atoms with van der Waals surface area (Å²) in [6.07, 6.45) is 49.4. The van der Waals surface area contributed by atoms with E-state index in [2.05, 4.69) is 38.3 Å². The van der Waals surface area contributed by atoms with Gasteiger partial charge in [0.15, 0.2) is 12.4 Å². The van der Waals surface area contributed by atoms with Crippen LogP contribution in [0.15, 0.2) is 12.2 Å². The Morgan fingerprint density at radius 3 is 1.33 bits per heavy atom. The molecule has 0 saturated carbocycles. The van der Waals surface area contributed by atoms with Gasteiger partial charge in [-0.05, 0) is 38.5 Å². The predicted molar refractivity (Wildman–Crippen MR) is 361 cm³/mol. The van der Waals surface area contributed by atoms with Crippen LogP contribution in [0.4, 0.5) is 0 Å². The van der Waals surface area contributed by atoms with Crippen LogP contribution in [0.1, 0.15) is 362 Å². The molecule has 0 aliphatic carbocycles. The fraction of sp³-hybridized carbons (Fsp3) is 0.917. The van der Waals surface area contributed by atoms with E-state index in [9.17, 15) is 43.7 Å². The van der Waals surface area contributed by atoms with Crippen molar-refractivity contribution >= 4 is 31.6 Å². The summed E-state index contributed by atoms with van der Waals surface area (Å²) >= 11 is 0. The van der Waals surface area contributed by atoms with Gasteiger partial charge in [-0.25, -0.2) is 4.57 Å². The lowest BCUT2D eigenvalue weighted by molar-refractivity contribution is -0.273. The van der Waals surface area contributed by atoms with Crippen LogP contribution in [0.5, 0.6) is 0 Å². The van der Waals surface area contributed by atoms with Crippen LogP contribution in [-0.4, -0.2) is 106 Å². The molecule has 16 nitrogen and oxygen atoms in total. The van der Waals surface area contributed by atoms with Gasteiger partial charge < -0.3 is 49.6 Å². The summed E-state index contributed by atoms with van der Waals surface area (Å²) in [7, 11) is -5.36. The summed E-state index contributed by atoms with van der Waals surface area (Å²) in [6.45, 7) is 8.87. The number of nitrogens with one attached hydrogen (secondary N) is 2. The normalized spacial score (nSPS) is 18.1. The molecule has 0 aromatic carbocycles. The molecule has 1 aliphatic heterocycles. The Hall–Kier alpha value is -2.43. The summed E-state index contributed by atoms with van der Waals surface area (Å²) in [5, 5.41) is 28.0. The fourth-order valence-electron chi connectivity index (χ4n) is 12.1. The maximum Gasteiger partial charge on any atom is 0.470 e. The van der Waals surface area contributed by atoms with Gasteiger partial charge in [0.2, 0.25) is 11.8 Å². The molecule has 89 heavy (non-hydrogen) atoms. The van der Waals surface area contributed by atoms with Crippen molar-refractivity contribution in [3.05, 3.63) is 12.2 Å². The molecule has 0 spiro atoms. The van der Waals surface area contributed by atoms with Gasteiger partial charge in [-0.3, -0.25) is 23.7 Å². The van der Waals surface area contributed by atoms with E-state index >= 15 is 0 Å². The third-order valence-electron chi connectivity index (χ3n) is 17.5. The lowest BCUT2D eigenvalue weighted by atomic mass is 9.96. The molecule has 0 radical (unpaired) electrons. The van der Waals surface area contributed by atoms with E-state index in [4.69, 9.17) is 23.5 Å². The number of allylic oxidation sites excluding steroid dienone is 1. The molecule has 1 fully saturated rings. The highest BCUT2D eigenvalue weighted by Gasteiger charge is 2.52. The Kier molecular flexibility index (Phi) is 56.4. The van der Waals surface area contributed by atoms with E-state index in [-0.39, 0.29) is 25.4 Å². The minimum Gasteiger partial charge on any atom is -0.462 e. The average molecular weight is 1290 g/mol. The molecule has 6 N–H and O–H groups in total. The summed E-state index contributed by atoms with van der Waals surface area (Å²) in [6, 6.07) is -2.48. The quantitative estimate of drug-likeness (QED) is 0.0144.